The van der Waals surface area contributed by atoms with Crippen molar-refractivity contribution in [2.45, 2.75) is 52.1 Å². The molecule has 0 aliphatic rings. The molecule has 0 unspecified atom stereocenters. The van der Waals surface area contributed by atoms with E-state index in [2.05, 4.69) is 62.0 Å². The number of aryl methyl sites for hydroxylation is 1. The van der Waals surface area contributed by atoms with Crippen LogP contribution in [0, 0.1) is 0 Å². The minimum Gasteiger partial charge on any atom is -0.486 e. The summed E-state index contributed by atoms with van der Waals surface area (Å²) < 4.78 is 11.0. The maximum atomic E-state index is 5.71. The Morgan fingerprint density at radius 2 is 1.54 bits per heavy atom. The summed E-state index contributed by atoms with van der Waals surface area (Å²) in [5.41, 5.74) is 4.86. The number of furan rings is 1. The first kappa shape index (κ1) is 20.0. The van der Waals surface area contributed by atoms with E-state index >= 15 is 0 Å². The molecule has 0 saturated carbocycles. The second kappa shape index (κ2) is 10.6. The minimum atomic E-state index is 0.396. The topological polar surface area (TPSA) is 22.4 Å². The van der Waals surface area contributed by atoms with Crippen molar-refractivity contribution < 1.29 is 9.15 Å². The molecule has 0 aliphatic carbocycles. The lowest BCUT2D eigenvalue weighted by Crippen LogP contribution is -1.91. The van der Waals surface area contributed by atoms with E-state index in [1.165, 1.54) is 55.2 Å². The van der Waals surface area contributed by atoms with Gasteiger partial charge in [-0.1, -0.05) is 87.7 Å². The maximum absolute atomic E-state index is 5.71. The van der Waals surface area contributed by atoms with Crippen LogP contribution in [0.5, 0.6) is 0 Å². The molecular weight excluding hydrogens is 344 g/mol. The van der Waals surface area contributed by atoms with Gasteiger partial charge in [-0.2, -0.15) is 0 Å². The van der Waals surface area contributed by atoms with Crippen LogP contribution in [0.15, 0.2) is 77.9 Å². The summed E-state index contributed by atoms with van der Waals surface area (Å²) in [6.07, 6.45) is 9.46. The lowest BCUT2D eigenvalue weighted by Gasteiger charge is -2.09. The van der Waals surface area contributed by atoms with Crippen molar-refractivity contribution in [2.24, 2.45) is 0 Å². The molecule has 0 bridgehead atoms. The molecular formula is C26H30O2. The molecule has 28 heavy (non-hydrogen) atoms. The zero-order valence-corrected chi connectivity index (χ0v) is 16.8. The van der Waals surface area contributed by atoms with Crippen LogP contribution in [0.2, 0.25) is 0 Å². The van der Waals surface area contributed by atoms with Crippen LogP contribution in [0.3, 0.4) is 0 Å². The normalized spacial score (nSPS) is 10.8. The first-order chi connectivity index (χ1) is 13.8. The molecule has 2 heteroatoms. The lowest BCUT2D eigenvalue weighted by molar-refractivity contribution is 0.235. The van der Waals surface area contributed by atoms with Crippen molar-refractivity contribution in [1.29, 1.82) is 0 Å². The highest BCUT2D eigenvalue weighted by Crippen LogP contribution is 2.24. The number of hydrogen-bond acceptors (Lipinski definition) is 2. The minimum absolute atomic E-state index is 0.396. The van der Waals surface area contributed by atoms with Gasteiger partial charge in [0.05, 0.1) is 6.26 Å². The summed E-state index contributed by atoms with van der Waals surface area (Å²) in [5.74, 6) is 1.45. The van der Waals surface area contributed by atoms with Gasteiger partial charge in [0, 0.05) is 5.56 Å². The molecule has 146 valence electrons. The van der Waals surface area contributed by atoms with Crippen LogP contribution in [-0.2, 0) is 17.8 Å². The molecule has 2 aromatic carbocycles. The third-order valence-electron chi connectivity index (χ3n) is 5.03. The zero-order chi connectivity index (χ0) is 19.6. The van der Waals surface area contributed by atoms with Gasteiger partial charge in [0.1, 0.15) is 18.1 Å². The molecule has 3 aromatic rings. The van der Waals surface area contributed by atoms with E-state index in [4.69, 9.17) is 9.15 Å². The Morgan fingerprint density at radius 1 is 0.857 bits per heavy atom. The summed E-state index contributed by atoms with van der Waals surface area (Å²) in [5, 5.41) is 0. The van der Waals surface area contributed by atoms with Gasteiger partial charge in [0.15, 0.2) is 0 Å². The van der Waals surface area contributed by atoms with E-state index < -0.39 is 0 Å². The largest absolute Gasteiger partial charge is 0.486 e. The average Bonchev–Trinajstić information content (AvgIpc) is 3.26. The van der Waals surface area contributed by atoms with Crippen molar-refractivity contribution in [3.05, 3.63) is 90.4 Å². The molecule has 0 atom stereocenters. The number of hydrogen-bond donors (Lipinski definition) is 0. The van der Waals surface area contributed by atoms with Gasteiger partial charge < -0.3 is 9.15 Å². The van der Waals surface area contributed by atoms with E-state index in [9.17, 15) is 0 Å². The Hall–Kier alpha value is -2.74. The summed E-state index contributed by atoms with van der Waals surface area (Å²) in [6, 6.07) is 21.1. The monoisotopic (exact) mass is 374 g/mol. The standard InChI is InChI=1S/C26H30O2/c1-3-4-5-6-7-9-22-11-13-24(14-12-22)25-17-15-23(16-18-25)21(2)28-20-26-10-8-19-27-26/h8,10-19H,2-7,9,20H2,1H3. The second-order valence-corrected chi connectivity index (χ2v) is 7.23. The van der Waals surface area contributed by atoms with Crippen LogP contribution in [0.25, 0.3) is 16.9 Å². The van der Waals surface area contributed by atoms with Gasteiger partial charge in [-0.3, -0.25) is 0 Å². The Balaban J connectivity index is 1.52. The van der Waals surface area contributed by atoms with Crippen molar-refractivity contribution in [3.63, 3.8) is 0 Å². The molecule has 0 aliphatic heterocycles. The van der Waals surface area contributed by atoms with Crippen molar-refractivity contribution in [1.82, 2.24) is 0 Å². The average molecular weight is 375 g/mol. The Morgan fingerprint density at radius 3 is 2.18 bits per heavy atom. The van der Waals surface area contributed by atoms with E-state index in [1.807, 2.05) is 12.1 Å². The SMILES string of the molecule is C=C(OCc1ccco1)c1ccc(-c2ccc(CCCCCCC)cc2)cc1. The van der Waals surface area contributed by atoms with Crippen LogP contribution in [0.4, 0.5) is 0 Å². The highest BCUT2D eigenvalue weighted by molar-refractivity contribution is 5.67. The predicted octanol–water partition coefficient (Wildman–Crippen LogP) is 7.65. The quantitative estimate of drug-likeness (QED) is 0.254. The molecule has 0 saturated heterocycles. The van der Waals surface area contributed by atoms with E-state index in [0.717, 1.165) is 11.3 Å². The smallest absolute Gasteiger partial charge is 0.146 e. The zero-order valence-electron chi connectivity index (χ0n) is 16.8. The highest BCUT2D eigenvalue weighted by atomic mass is 16.5. The fraction of sp³-hybridized carbons (Fsp3) is 0.308. The molecule has 0 spiro atoms. The summed E-state index contributed by atoms with van der Waals surface area (Å²) in [4.78, 5) is 0. The summed E-state index contributed by atoms with van der Waals surface area (Å²) in [7, 11) is 0. The lowest BCUT2D eigenvalue weighted by atomic mass is 10.00. The van der Waals surface area contributed by atoms with Crippen LogP contribution < -0.4 is 0 Å². The molecule has 2 nitrogen and oxygen atoms in total. The number of benzene rings is 2. The molecule has 0 N–H and O–H groups in total. The van der Waals surface area contributed by atoms with Crippen molar-refractivity contribution >= 4 is 5.76 Å². The number of unbranched alkanes of at least 4 members (excludes halogenated alkanes) is 4. The Bertz CT molecular complexity index is 827. The molecule has 1 heterocycles. The fourth-order valence-electron chi connectivity index (χ4n) is 3.28. The maximum Gasteiger partial charge on any atom is 0.146 e. The first-order valence-corrected chi connectivity index (χ1v) is 10.3. The first-order valence-electron chi connectivity index (χ1n) is 10.3. The van der Waals surface area contributed by atoms with E-state index in [0.29, 0.717) is 12.4 Å². The van der Waals surface area contributed by atoms with Crippen LogP contribution >= 0.6 is 0 Å². The van der Waals surface area contributed by atoms with Crippen LogP contribution in [-0.4, -0.2) is 0 Å². The van der Waals surface area contributed by atoms with Crippen molar-refractivity contribution in [2.75, 3.05) is 0 Å². The fourth-order valence-corrected chi connectivity index (χ4v) is 3.28. The van der Waals surface area contributed by atoms with Gasteiger partial charge in [-0.05, 0) is 41.7 Å². The summed E-state index contributed by atoms with van der Waals surface area (Å²) >= 11 is 0. The summed E-state index contributed by atoms with van der Waals surface area (Å²) in [6.45, 7) is 6.68. The molecule has 1 aromatic heterocycles. The number of ether oxygens (including phenoxy) is 1. The third-order valence-corrected chi connectivity index (χ3v) is 5.03. The van der Waals surface area contributed by atoms with Gasteiger partial charge in [0.25, 0.3) is 0 Å². The van der Waals surface area contributed by atoms with E-state index in [-0.39, 0.29) is 0 Å². The van der Waals surface area contributed by atoms with E-state index in [1.54, 1.807) is 6.26 Å². The molecule has 3 rings (SSSR count). The predicted molar refractivity (Wildman–Crippen MR) is 117 cm³/mol. The molecule has 0 amide bonds. The third kappa shape index (κ3) is 5.88. The van der Waals surface area contributed by atoms with Crippen molar-refractivity contribution in [3.8, 4) is 11.1 Å². The number of rotatable bonds is 11. The van der Waals surface area contributed by atoms with Gasteiger partial charge >= 0.3 is 0 Å². The Kier molecular flexibility index (Phi) is 7.54. The van der Waals surface area contributed by atoms with Gasteiger partial charge in [-0.15, -0.1) is 0 Å². The highest BCUT2D eigenvalue weighted by Gasteiger charge is 2.04. The van der Waals surface area contributed by atoms with Crippen LogP contribution in [0.1, 0.15) is 55.9 Å². The Labute approximate surface area is 168 Å². The molecule has 0 fully saturated rings. The second-order valence-electron chi connectivity index (χ2n) is 7.23. The van der Waals surface area contributed by atoms with Gasteiger partial charge in [-0.25, -0.2) is 0 Å². The van der Waals surface area contributed by atoms with Gasteiger partial charge in [0.2, 0.25) is 0 Å². The molecule has 0 radical (unpaired) electrons.